The molecule has 0 bridgehead atoms. The summed E-state index contributed by atoms with van der Waals surface area (Å²) in [6.45, 7) is 8.99. The maximum Gasteiger partial charge on any atom is 0.270 e. The van der Waals surface area contributed by atoms with Crippen molar-refractivity contribution < 1.29 is 4.79 Å². The van der Waals surface area contributed by atoms with Gasteiger partial charge in [-0.2, -0.15) is 5.10 Å². The molecule has 0 aliphatic carbocycles. The van der Waals surface area contributed by atoms with Crippen LogP contribution in [0.25, 0.3) is 0 Å². The fraction of sp³-hybridized carbons (Fsp3) is 0.412. The third-order valence-corrected chi connectivity index (χ3v) is 3.62. The highest BCUT2D eigenvalue weighted by atomic mass is 16.2. The zero-order chi connectivity index (χ0) is 15.4. The number of amides is 1. The zero-order valence-electron chi connectivity index (χ0n) is 13.2. The Morgan fingerprint density at radius 2 is 2.10 bits per heavy atom. The summed E-state index contributed by atoms with van der Waals surface area (Å²) < 4.78 is 1.75. The molecule has 1 heterocycles. The van der Waals surface area contributed by atoms with Crippen LogP contribution in [-0.4, -0.2) is 15.7 Å². The number of nitrogens with one attached hydrogen (secondary N) is 1. The third kappa shape index (κ3) is 3.51. The molecule has 4 heteroatoms. The Hall–Kier alpha value is -2.10. The summed E-state index contributed by atoms with van der Waals surface area (Å²) in [5, 5.41) is 7.25. The molecule has 2 aromatic rings. The smallest absolute Gasteiger partial charge is 0.270 e. The van der Waals surface area contributed by atoms with Gasteiger partial charge < -0.3 is 5.32 Å². The molecule has 1 N–H and O–H groups in total. The highest BCUT2D eigenvalue weighted by Crippen LogP contribution is 2.19. The van der Waals surface area contributed by atoms with Gasteiger partial charge in [0.1, 0.15) is 5.69 Å². The summed E-state index contributed by atoms with van der Waals surface area (Å²) >= 11 is 0. The van der Waals surface area contributed by atoms with Crippen LogP contribution in [-0.2, 0) is 6.54 Å². The van der Waals surface area contributed by atoms with Crippen molar-refractivity contribution >= 4 is 5.91 Å². The lowest BCUT2D eigenvalue weighted by Gasteiger charge is -2.17. The summed E-state index contributed by atoms with van der Waals surface area (Å²) in [6.07, 6.45) is 2.63. The van der Waals surface area contributed by atoms with Crippen LogP contribution in [0.15, 0.2) is 30.5 Å². The minimum Gasteiger partial charge on any atom is -0.344 e. The van der Waals surface area contributed by atoms with E-state index in [2.05, 4.69) is 49.4 Å². The quantitative estimate of drug-likeness (QED) is 0.915. The minimum absolute atomic E-state index is 0.0249. The van der Waals surface area contributed by atoms with Crippen molar-refractivity contribution in [1.29, 1.82) is 0 Å². The predicted molar refractivity (Wildman–Crippen MR) is 84.3 cm³/mol. The number of benzene rings is 1. The number of nitrogens with zero attached hydrogens (tertiary/aromatic N) is 2. The van der Waals surface area contributed by atoms with E-state index in [0.29, 0.717) is 5.69 Å². The van der Waals surface area contributed by atoms with E-state index >= 15 is 0 Å². The first-order valence-electron chi connectivity index (χ1n) is 7.42. The average Bonchev–Trinajstić information content (AvgIpc) is 2.87. The molecule has 1 aromatic heterocycles. The normalized spacial score (nSPS) is 12.2. The van der Waals surface area contributed by atoms with Crippen LogP contribution in [0.3, 0.4) is 0 Å². The van der Waals surface area contributed by atoms with Crippen molar-refractivity contribution in [3.05, 3.63) is 52.8 Å². The minimum atomic E-state index is -0.0755. The molecule has 0 aliphatic rings. The lowest BCUT2D eigenvalue weighted by atomic mass is 10.0. The van der Waals surface area contributed by atoms with Gasteiger partial charge in [-0.3, -0.25) is 9.48 Å². The first-order valence-corrected chi connectivity index (χ1v) is 7.42. The number of hydrogen-bond donors (Lipinski definition) is 1. The molecule has 1 unspecified atom stereocenters. The zero-order valence-corrected chi connectivity index (χ0v) is 13.2. The SMILES string of the molecule is CCCn1nccc1C(=O)NC(C)c1ccc(C)cc1C. The molecule has 0 aliphatic heterocycles. The monoisotopic (exact) mass is 285 g/mol. The van der Waals surface area contributed by atoms with Gasteiger partial charge in [-0.05, 0) is 44.4 Å². The lowest BCUT2D eigenvalue weighted by molar-refractivity contribution is 0.0928. The van der Waals surface area contributed by atoms with E-state index < -0.39 is 0 Å². The number of carbonyl (C=O) groups excluding carboxylic acids is 1. The van der Waals surface area contributed by atoms with Gasteiger partial charge in [0.05, 0.1) is 6.04 Å². The van der Waals surface area contributed by atoms with Crippen LogP contribution in [0.5, 0.6) is 0 Å². The molecule has 0 saturated heterocycles. The Balaban J connectivity index is 2.13. The van der Waals surface area contributed by atoms with Crippen molar-refractivity contribution in [2.24, 2.45) is 0 Å². The number of hydrogen-bond acceptors (Lipinski definition) is 2. The van der Waals surface area contributed by atoms with Crippen molar-refractivity contribution in [3.8, 4) is 0 Å². The Labute approximate surface area is 126 Å². The number of rotatable bonds is 5. The maximum absolute atomic E-state index is 12.4. The molecule has 21 heavy (non-hydrogen) atoms. The van der Waals surface area contributed by atoms with Gasteiger partial charge in [-0.25, -0.2) is 0 Å². The summed E-state index contributed by atoms with van der Waals surface area (Å²) in [4.78, 5) is 12.4. The van der Waals surface area contributed by atoms with E-state index in [0.717, 1.165) is 18.5 Å². The van der Waals surface area contributed by atoms with Gasteiger partial charge >= 0.3 is 0 Å². The average molecular weight is 285 g/mol. The van der Waals surface area contributed by atoms with Crippen molar-refractivity contribution in [3.63, 3.8) is 0 Å². The second kappa shape index (κ2) is 6.57. The molecule has 0 fully saturated rings. The molecular weight excluding hydrogens is 262 g/mol. The van der Waals surface area contributed by atoms with Gasteiger partial charge in [0.2, 0.25) is 0 Å². The lowest BCUT2D eigenvalue weighted by Crippen LogP contribution is -2.29. The van der Waals surface area contributed by atoms with Crippen LogP contribution >= 0.6 is 0 Å². The molecule has 112 valence electrons. The van der Waals surface area contributed by atoms with Crippen molar-refractivity contribution in [2.75, 3.05) is 0 Å². The second-order valence-corrected chi connectivity index (χ2v) is 5.49. The molecule has 1 amide bonds. The molecule has 0 saturated carbocycles. The standard InChI is InChI=1S/C17H23N3O/c1-5-10-20-16(8-9-18-20)17(21)19-14(4)15-7-6-12(2)11-13(15)3/h6-9,11,14H,5,10H2,1-4H3,(H,19,21). The Bertz CT molecular complexity index is 631. The summed E-state index contributed by atoms with van der Waals surface area (Å²) in [5.41, 5.74) is 4.20. The Kier molecular flexibility index (Phi) is 4.78. The van der Waals surface area contributed by atoms with E-state index in [4.69, 9.17) is 0 Å². The Morgan fingerprint density at radius 3 is 2.76 bits per heavy atom. The second-order valence-electron chi connectivity index (χ2n) is 5.49. The number of aryl methyl sites for hydroxylation is 3. The molecule has 1 aromatic carbocycles. The van der Waals surface area contributed by atoms with Gasteiger partial charge in [-0.1, -0.05) is 30.7 Å². The molecular formula is C17H23N3O. The fourth-order valence-corrected chi connectivity index (χ4v) is 2.58. The summed E-state index contributed by atoms with van der Waals surface area (Å²) in [6, 6.07) is 8.03. The topological polar surface area (TPSA) is 46.9 Å². The van der Waals surface area contributed by atoms with Crippen molar-refractivity contribution in [1.82, 2.24) is 15.1 Å². The first kappa shape index (κ1) is 15.3. The van der Waals surface area contributed by atoms with Crippen LogP contribution in [0, 0.1) is 13.8 Å². The van der Waals surface area contributed by atoms with Gasteiger partial charge in [0.25, 0.3) is 5.91 Å². The molecule has 1 atom stereocenters. The number of aromatic nitrogens is 2. The largest absolute Gasteiger partial charge is 0.344 e. The van der Waals surface area contributed by atoms with Crippen LogP contribution < -0.4 is 5.32 Å². The highest BCUT2D eigenvalue weighted by molar-refractivity contribution is 5.92. The maximum atomic E-state index is 12.4. The summed E-state index contributed by atoms with van der Waals surface area (Å²) in [5.74, 6) is -0.0755. The van der Waals surface area contributed by atoms with E-state index in [1.807, 2.05) is 6.92 Å². The predicted octanol–water partition coefficient (Wildman–Crippen LogP) is 3.40. The molecule has 2 rings (SSSR count). The molecule has 0 radical (unpaired) electrons. The van der Waals surface area contributed by atoms with Gasteiger partial charge in [0, 0.05) is 12.7 Å². The van der Waals surface area contributed by atoms with E-state index in [1.165, 1.54) is 11.1 Å². The van der Waals surface area contributed by atoms with Gasteiger partial charge in [0.15, 0.2) is 0 Å². The van der Waals surface area contributed by atoms with Crippen LogP contribution in [0.4, 0.5) is 0 Å². The third-order valence-electron chi connectivity index (χ3n) is 3.62. The van der Waals surface area contributed by atoms with E-state index in [9.17, 15) is 4.79 Å². The van der Waals surface area contributed by atoms with E-state index in [1.54, 1.807) is 16.9 Å². The molecule has 0 spiro atoms. The van der Waals surface area contributed by atoms with Crippen LogP contribution in [0.2, 0.25) is 0 Å². The van der Waals surface area contributed by atoms with E-state index in [-0.39, 0.29) is 11.9 Å². The molecule has 4 nitrogen and oxygen atoms in total. The Morgan fingerprint density at radius 1 is 1.33 bits per heavy atom. The fourth-order valence-electron chi connectivity index (χ4n) is 2.58. The highest BCUT2D eigenvalue weighted by Gasteiger charge is 2.16. The first-order chi connectivity index (χ1) is 10.0. The van der Waals surface area contributed by atoms with Crippen molar-refractivity contribution in [2.45, 2.75) is 46.7 Å². The van der Waals surface area contributed by atoms with Gasteiger partial charge in [-0.15, -0.1) is 0 Å². The number of carbonyl (C=O) groups is 1. The summed E-state index contributed by atoms with van der Waals surface area (Å²) in [7, 11) is 0. The van der Waals surface area contributed by atoms with Crippen LogP contribution in [0.1, 0.15) is 53.5 Å².